The predicted octanol–water partition coefficient (Wildman–Crippen LogP) is 2.55. The molecule has 0 fully saturated rings. The molecular weight excluding hydrogens is 312 g/mol. The van der Waals surface area contributed by atoms with E-state index in [1.54, 1.807) is 19.1 Å². The highest BCUT2D eigenvalue weighted by atomic mass is 16.6. The lowest BCUT2D eigenvalue weighted by Crippen LogP contribution is -2.31. The van der Waals surface area contributed by atoms with Crippen LogP contribution < -0.4 is 10.1 Å². The summed E-state index contributed by atoms with van der Waals surface area (Å²) in [6.45, 7) is 6.77. The zero-order chi connectivity index (χ0) is 17.7. The first-order valence-corrected chi connectivity index (χ1v) is 7.49. The number of nitrogens with zero attached hydrogens (tertiary/aromatic N) is 1. The highest BCUT2D eigenvalue weighted by Gasteiger charge is 2.19. The van der Waals surface area contributed by atoms with Gasteiger partial charge in [0.05, 0.1) is 0 Å². The van der Waals surface area contributed by atoms with E-state index in [0.717, 1.165) is 11.1 Å². The molecule has 128 valence electrons. The Bertz CT molecular complexity index is 738. The number of carbonyl (C=O) groups excluding carboxylic acids is 2. The number of hydrogen-bond acceptors (Lipinski definition) is 6. The van der Waals surface area contributed by atoms with Crippen LogP contribution >= 0.6 is 0 Å². The molecule has 0 aliphatic heterocycles. The molecule has 0 radical (unpaired) electrons. The summed E-state index contributed by atoms with van der Waals surface area (Å²) < 4.78 is 15.3. The van der Waals surface area contributed by atoms with Crippen LogP contribution in [0.3, 0.4) is 0 Å². The standard InChI is InChI=1S/C17H20N2O5/c1-10-6-5-7-14(12(10)3)22-9-16(20)23-13(4)17(21)18-15-8-11(2)24-19-15/h5-8,13H,9H2,1-4H3,(H,18,19,21)/t13-/m1/s1. The van der Waals surface area contributed by atoms with Crippen LogP contribution in [0.2, 0.25) is 0 Å². The molecule has 0 spiro atoms. The van der Waals surface area contributed by atoms with Crippen LogP contribution in [-0.2, 0) is 14.3 Å². The van der Waals surface area contributed by atoms with Crippen molar-refractivity contribution in [3.05, 3.63) is 41.2 Å². The molecule has 0 saturated carbocycles. The first-order valence-electron chi connectivity index (χ1n) is 7.49. The van der Waals surface area contributed by atoms with Crippen molar-refractivity contribution in [1.29, 1.82) is 0 Å². The summed E-state index contributed by atoms with van der Waals surface area (Å²) in [6.07, 6.45) is -0.975. The fourth-order valence-corrected chi connectivity index (χ4v) is 1.96. The molecular formula is C17H20N2O5. The molecule has 1 amide bonds. The van der Waals surface area contributed by atoms with E-state index in [2.05, 4.69) is 10.5 Å². The van der Waals surface area contributed by atoms with Gasteiger partial charge in [-0.25, -0.2) is 4.79 Å². The Hall–Kier alpha value is -2.83. The maximum atomic E-state index is 11.9. The first kappa shape index (κ1) is 17.5. The average Bonchev–Trinajstić information content (AvgIpc) is 2.93. The second-order valence-electron chi connectivity index (χ2n) is 5.43. The number of ether oxygens (including phenoxy) is 2. The predicted molar refractivity (Wildman–Crippen MR) is 86.8 cm³/mol. The number of carbonyl (C=O) groups is 2. The zero-order valence-electron chi connectivity index (χ0n) is 14.1. The highest BCUT2D eigenvalue weighted by molar-refractivity contribution is 5.94. The highest BCUT2D eigenvalue weighted by Crippen LogP contribution is 2.20. The average molecular weight is 332 g/mol. The van der Waals surface area contributed by atoms with E-state index < -0.39 is 18.0 Å². The third-order valence-corrected chi connectivity index (χ3v) is 3.46. The number of hydrogen-bond donors (Lipinski definition) is 1. The Balaban J connectivity index is 1.82. The maximum absolute atomic E-state index is 11.9. The van der Waals surface area contributed by atoms with Crippen LogP contribution in [0.4, 0.5) is 5.82 Å². The Morgan fingerprint density at radius 2 is 2.04 bits per heavy atom. The van der Waals surface area contributed by atoms with E-state index in [9.17, 15) is 9.59 Å². The molecule has 0 aliphatic carbocycles. The monoisotopic (exact) mass is 332 g/mol. The molecule has 1 aromatic heterocycles. The Kier molecular flexibility index (Phi) is 5.57. The van der Waals surface area contributed by atoms with Crippen molar-refractivity contribution in [2.45, 2.75) is 33.8 Å². The van der Waals surface area contributed by atoms with Crippen molar-refractivity contribution in [2.75, 3.05) is 11.9 Å². The largest absolute Gasteiger partial charge is 0.482 e. The van der Waals surface area contributed by atoms with Gasteiger partial charge in [0.25, 0.3) is 5.91 Å². The summed E-state index contributed by atoms with van der Waals surface area (Å²) in [5.74, 6) is 0.323. The molecule has 2 rings (SSSR count). The molecule has 2 aromatic rings. The van der Waals surface area contributed by atoms with Gasteiger partial charge in [-0.15, -0.1) is 0 Å². The SMILES string of the molecule is Cc1cc(NC(=O)[C@@H](C)OC(=O)COc2cccc(C)c2C)no1. The summed E-state index contributed by atoms with van der Waals surface area (Å²) in [7, 11) is 0. The molecule has 7 heteroatoms. The van der Waals surface area contributed by atoms with Crippen LogP contribution in [0, 0.1) is 20.8 Å². The minimum atomic E-state index is -0.975. The van der Waals surface area contributed by atoms with Crippen molar-refractivity contribution in [3.8, 4) is 5.75 Å². The van der Waals surface area contributed by atoms with Gasteiger partial charge in [0.1, 0.15) is 11.5 Å². The lowest BCUT2D eigenvalue weighted by atomic mass is 10.1. The minimum absolute atomic E-state index is 0.270. The second kappa shape index (κ2) is 7.63. The summed E-state index contributed by atoms with van der Waals surface area (Å²) in [4.78, 5) is 23.7. The molecule has 0 aliphatic rings. The smallest absolute Gasteiger partial charge is 0.344 e. The van der Waals surface area contributed by atoms with E-state index >= 15 is 0 Å². The third kappa shape index (κ3) is 4.58. The van der Waals surface area contributed by atoms with Gasteiger partial charge in [0.2, 0.25) is 0 Å². The zero-order valence-corrected chi connectivity index (χ0v) is 14.1. The number of amides is 1. The van der Waals surface area contributed by atoms with Gasteiger partial charge in [-0.05, 0) is 44.9 Å². The van der Waals surface area contributed by atoms with Gasteiger partial charge in [-0.3, -0.25) is 4.79 Å². The van der Waals surface area contributed by atoms with Gasteiger partial charge in [0.15, 0.2) is 18.5 Å². The number of anilines is 1. The number of benzene rings is 1. The van der Waals surface area contributed by atoms with Crippen molar-refractivity contribution in [3.63, 3.8) is 0 Å². The van der Waals surface area contributed by atoms with Crippen LogP contribution in [0.5, 0.6) is 5.75 Å². The van der Waals surface area contributed by atoms with E-state index in [4.69, 9.17) is 14.0 Å². The van der Waals surface area contributed by atoms with Crippen molar-refractivity contribution >= 4 is 17.7 Å². The van der Waals surface area contributed by atoms with E-state index in [1.807, 2.05) is 26.0 Å². The van der Waals surface area contributed by atoms with Crippen molar-refractivity contribution in [1.82, 2.24) is 5.16 Å². The molecule has 1 atom stereocenters. The lowest BCUT2D eigenvalue weighted by molar-refractivity contribution is -0.155. The number of rotatable bonds is 6. The molecule has 7 nitrogen and oxygen atoms in total. The normalized spacial score (nSPS) is 11.7. The van der Waals surface area contributed by atoms with Crippen LogP contribution in [0.25, 0.3) is 0 Å². The summed E-state index contributed by atoms with van der Waals surface area (Å²) in [6, 6.07) is 7.15. The first-order chi connectivity index (χ1) is 11.4. The molecule has 1 aromatic carbocycles. The van der Waals surface area contributed by atoms with E-state index in [0.29, 0.717) is 11.5 Å². The van der Waals surface area contributed by atoms with Crippen LogP contribution in [0.1, 0.15) is 23.8 Å². The van der Waals surface area contributed by atoms with Crippen LogP contribution in [-0.4, -0.2) is 29.7 Å². The van der Waals surface area contributed by atoms with E-state index in [-0.39, 0.29) is 12.4 Å². The molecule has 1 N–H and O–H groups in total. The van der Waals surface area contributed by atoms with E-state index in [1.165, 1.54) is 6.92 Å². The summed E-state index contributed by atoms with van der Waals surface area (Å²) in [5.41, 5.74) is 2.02. The topological polar surface area (TPSA) is 90.7 Å². The number of esters is 1. The Labute approximate surface area is 139 Å². The molecule has 0 unspecified atom stereocenters. The van der Waals surface area contributed by atoms with Crippen LogP contribution in [0.15, 0.2) is 28.8 Å². The Morgan fingerprint density at radius 3 is 2.71 bits per heavy atom. The third-order valence-electron chi connectivity index (χ3n) is 3.46. The number of aryl methyl sites for hydroxylation is 2. The lowest BCUT2D eigenvalue weighted by Gasteiger charge is -2.14. The quantitative estimate of drug-likeness (QED) is 0.818. The minimum Gasteiger partial charge on any atom is -0.482 e. The second-order valence-corrected chi connectivity index (χ2v) is 5.43. The summed E-state index contributed by atoms with van der Waals surface area (Å²) >= 11 is 0. The van der Waals surface area contributed by atoms with Crippen molar-refractivity contribution in [2.24, 2.45) is 0 Å². The summed E-state index contributed by atoms with van der Waals surface area (Å²) in [5, 5.41) is 6.14. The number of aromatic nitrogens is 1. The number of nitrogens with one attached hydrogen (secondary N) is 1. The fourth-order valence-electron chi connectivity index (χ4n) is 1.96. The van der Waals surface area contributed by atoms with Gasteiger partial charge in [0, 0.05) is 6.07 Å². The molecule has 0 saturated heterocycles. The van der Waals surface area contributed by atoms with Gasteiger partial charge in [-0.1, -0.05) is 17.3 Å². The van der Waals surface area contributed by atoms with Crippen molar-refractivity contribution < 1.29 is 23.6 Å². The van der Waals surface area contributed by atoms with Gasteiger partial charge >= 0.3 is 5.97 Å². The molecule has 0 bridgehead atoms. The molecule has 24 heavy (non-hydrogen) atoms. The van der Waals surface area contributed by atoms with Gasteiger partial charge in [-0.2, -0.15) is 0 Å². The maximum Gasteiger partial charge on any atom is 0.344 e. The Morgan fingerprint density at radius 1 is 1.29 bits per heavy atom. The molecule has 1 heterocycles. The fraction of sp³-hybridized carbons (Fsp3) is 0.353. The van der Waals surface area contributed by atoms with Gasteiger partial charge < -0.3 is 19.3 Å².